The van der Waals surface area contributed by atoms with Crippen molar-refractivity contribution in [2.45, 2.75) is 27.7 Å². The van der Waals surface area contributed by atoms with E-state index in [1.54, 1.807) is 6.20 Å². The van der Waals surface area contributed by atoms with Crippen LogP contribution >= 0.6 is 0 Å². The van der Waals surface area contributed by atoms with Gasteiger partial charge in [-0.1, -0.05) is 13.8 Å². The van der Waals surface area contributed by atoms with Crippen molar-refractivity contribution in [3.8, 4) is 0 Å². The van der Waals surface area contributed by atoms with Gasteiger partial charge in [-0.25, -0.2) is 4.98 Å². The maximum atomic E-state index is 4.16. The Morgan fingerprint density at radius 2 is 1.92 bits per heavy atom. The van der Waals surface area contributed by atoms with Gasteiger partial charge >= 0.3 is 0 Å². The maximum absolute atomic E-state index is 4.16. The first-order valence-corrected chi connectivity index (χ1v) is 4.42. The summed E-state index contributed by atoms with van der Waals surface area (Å²) in [6.07, 6.45) is 1.76. The highest BCUT2D eigenvalue weighted by molar-refractivity contribution is 5.37. The average molecular weight is 178 g/mol. The van der Waals surface area contributed by atoms with Crippen LogP contribution in [0.1, 0.15) is 25.2 Å². The lowest BCUT2D eigenvalue weighted by Gasteiger charge is -1.89. The Hall–Kier alpha value is -1.45. The monoisotopic (exact) mass is 178 g/mol. The number of hydrogen-bond acceptors (Lipinski definition) is 3. The molecule has 2 aromatic rings. The van der Waals surface area contributed by atoms with Crippen molar-refractivity contribution in [3.63, 3.8) is 0 Å². The van der Waals surface area contributed by atoms with E-state index in [2.05, 4.69) is 15.2 Å². The first kappa shape index (κ1) is 9.64. The summed E-state index contributed by atoms with van der Waals surface area (Å²) in [5.41, 5.74) is 1.91. The molecule has 4 nitrogen and oxygen atoms in total. The van der Waals surface area contributed by atoms with Gasteiger partial charge in [-0.05, 0) is 25.5 Å². The molecule has 0 aliphatic rings. The highest BCUT2D eigenvalue weighted by Gasteiger charge is 1.98. The van der Waals surface area contributed by atoms with Gasteiger partial charge in [0.05, 0.1) is 6.20 Å². The van der Waals surface area contributed by atoms with Gasteiger partial charge < -0.3 is 0 Å². The molecule has 0 bridgehead atoms. The second-order valence-electron chi connectivity index (χ2n) is 2.54. The third-order valence-corrected chi connectivity index (χ3v) is 1.45. The molecule has 0 radical (unpaired) electrons. The first-order chi connectivity index (χ1) is 6.25. The quantitative estimate of drug-likeness (QED) is 0.617. The minimum absolute atomic E-state index is 0.753. The SMILES string of the molecule is CC.Cc1cnn2nc(C)nc2c1. The lowest BCUT2D eigenvalue weighted by atomic mass is 10.3. The van der Waals surface area contributed by atoms with Crippen LogP contribution in [0.15, 0.2) is 12.3 Å². The van der Waals surface area contributed by atoms with E-state index in [0.29, 0.717) is 0 Å². The first-order valence-electron chi connectivity index (χ1n) is 4.42. The Labute approximate surface area is 77.6 Å². The van der Waals surface area contributed by atoms with Crippen LogP contribution in [0.5, 0.6) is 0 Å². The molecular formula is C9H14N4. The van der Waals surface area contributed by atoms with Gasteiger partial charge in [0.1, 0.15) is 5.82 Å². The van der Waals surface area contributed by atoms with E-state index in [0.717, 1.165) is 17.0 Å². The summed E-state index contributed by atoms with van der Waals surface area (Å²) >= 11 is 0. The molecule has 0 aliphatic heterocycles. The Balaban J connectivity index is 0.000000396. The predicted molar refractivity (Wildman–Crippen MR) is 51.6 cm³/mol. The molecule has 0 unspecified atom stereocenters. The van der Waals surface area contributed by atoms with Crippen LogP contribution in [-0.2, 0) is 0 Å². The van der Waals surface area contributed by atoms with Gasteiger partial charge in [-0.2, -0.15) is 5.10 Å². The molecule has 13 heavy (non-hydrogen) atoms. The van der Waals surface area contributed by atoms with Gasteiger partial charge in [-0.3, -0.25) is 0 Å². The number of nitrogens with zero attached hydrogens (tertiary/aromatic N) is 4. The Bertz CT molecular complexity index is 391. The third kappa shape index (κ3) is 2.02. The number of aromatic nitrogens is 4. The van der Waals surface area contributed by atoms with Crippen molar-refractivity contribution in [2.24, 2.45) is 0 Å². The van der Waals surface area contributed by atoms with Crippen molar-refractivity contribution in [1.82, 2.24) is 19.8 Å². The Kier molecular flexibility index (Phi) is 2.95. The number of aryl methyl sites for hydroxylation is 2. The summed E-state index contributed by atoms with van der Waals surface area (Å²) in [6, 6.07) is 1.95. The van der Waals surface area contributed by atoms with Gasteiger partial charge in [0.2, 0.25) is 0 Å². The van der Waals surface area contributed by atoms with Crippen molar-refractivity contribution in [3.05, 3.63) is 23.7 Å². The zero-order chi connectivity index (χ0) is 9.84. The fourth-order valence-electron chi connectivity index (χ4n) is 0.983. The van der Waals surface area contributed by atoms with Crippen LogP contribution in [-0.4, -0.2) is 19.8 Å². The van der Waals surface area contributed by atoms with E-state index >= 15 is 0 Å². The highest BCUT2D eigenvalue weighted by Crippen LogP contribution is 2.00. The fourth-order valence-corrected chi connectivity index (χ4v) is 0.983. The summed E-state index contributed by atoms with van der Waals surface area (Å²) in [5.74, 6) is 0.753. The third-order valence-electron chi connectivity index (χ3n) is 1.45. The molecule has 0 aliphatic carbocycles. The zero-order valence-electron chi connectivity index (χ0n) is 8.44. The molecule has 0 aromatic carbocycles. The molecule has 0 N–H and O–H groups in total. The largest absolute Gasteiger partial charge is 0.210 e. The standard InChI is InChI=1S/C7H8N4.C2H6/c1-5-3-7-9-6(2)10-11(7)8-4-5;1-2/h3-4H,1-2H3;1-2H3. The summed E-state index contributed by atoms with van der Waals surface area (Å²) < 4.78 is 1.53. The van der Waals surface area contributed by atoms with Crippen LogP contribution in [0, 0.1) is 13.8 Å². The van der Waals surface area contributed by atoms with Gasteiger partial charge in [0, 0.05) is 0 Å². The molecule has 4 heteroatoms. The van der Waals surface area contributed by atoms with Crippen LogP contribution in [0.3, 0.4) is 0 Å². The zero-order valence-corrected chi connectivity index (χ0v) is 8.44. The molecule has 0 saturated heterocycles. The lowest BCUT2D eigenvalue weighted by molar-refractivity contribution is 0.784. The van der Waals surface area contributed by atoms with Gasteiger partial charge in [0.15, 0.2) is 5.65 Å². The van der Waals surface area contributed by atoms with Crippen molar-refractivity contribution >= 4 is 5.65 Å². The molecule has 0 fully saturated rings. The number of hydrogen-bond donors (Lipinski definition) is 0. The van der Waals surface area contributed by atoms with Crippen molar-refractivity contribution in [2.75, 3.05) is 0 Å². The van der Waals surface area contributed by atoms with Crippen LogP contribution in [0.2, 0.25) is 0 Å². The minimum atomic E-state index is 0.753. The molecule has 2 rings (SSSR count). The lowest BCUT2D eigenvalue weighted by Crippen LogP contribution is -1.93. The molecule has 0 spiro atoms. The fraction of sp³-hybridized carbons (Fsp3) is 0.444. The molecule has 2 heterocycles. The predicted octanol–water partition coefficient (Wildman–Crippen LogP) is 1.77. The highest BCUT2D eigenvalue weighted by atomic mass is 15.4. The molecule has 0 atom stereocenters. The van der Waals surface area contributed by atoms with E-state index in [1.807, 2.05) is 33.8 Å². The Morgan fingerprint density at radius 1 is 1.23 bits per heavy atom. The summed E-state index contributed by atoms with van der Waals surface area (Å²) in [4.78, 5) is 4.16. The van der Waals surface area contributed by atoms with Gasteiger partial charge in [-0.15, -0.1) is 9.73 Å². The normalized spacial score (nSPS) is 9.54. The van der Waals surface area contributed by atoms with E-state index in [1.165, 1.54) is 4.63 Å². The second kappa shape index (κ2) is 3.98. The average Bonchev–Trinajstić information content (AvgIpc) is 2.48. The smallest absolute Gasteiger partial charge is 0.176 e. The number of rotatable bonds is 0. The summed E-state index contributed by atoms with van der Waals surface area (Å²) in [7, 11) is 0. The topological polar surface area (TPSA) is 43.1 Å². The van der Waals surface area contributed by atoms with Crippen molar-refractivity contribution < 1.29 is 0 Å². The Morgan fingerprint density at radius 3 is 2.62 bits per heavy atom. The minimum Gasteiger partial charge on any atom is -0.210 e. The maximum Gasteiger partial charge on any atom is 0.176 e. The molecule has 0 amide bonds. The van der Waals surface area contributed by atoms with E-state index in [4.69, 9.17) is 0 Å². The summed E-state index contributed by atoms with van der Waals surface area (Å²) in [5, 5.41) is 8.09. The molecule has 2 aromatic heterocycles. The molecule has 70 valence electrons. The van der Waals surface area contributed by atoms with Crippen LogP contribution in [0.4, 0.5) is 0 Å². The van der Waals surface area contributed by atoms with Crippen LogP contribution < -0.4 is 0 Å². The molecular weight excluding hydrogens is 164 g/mol. The van der Waals surface area contributed by atoms with E-state index < -0.39 is 0 Å². The van der Waals surface area contributed by atoms with E-state index in [9.17, 15) is 0 Å². The van der Waals surface area contributed by atoms with E-state index in [-0.39, 0.29) is 0 Å². The summed E-state index contributed by atoms with van der Waals surface area (Å²) in [6.45, 7) is 7.83. The van der Waals surface area contributed by atoms with Crippen LogP contribution in [0.25, 0.3) is 5.65 Å². The second-order valence-corrected chi connectivity index (χ2v) is 2.54. The number of fused-ring (bicyclic) bond motifs is 1. The van der Waals surface area contributed by atoms with Gasteiger partial charge in [0.25, 0.3) is 0 Å². The van der Waals surface area contributed by atoms with Crippen molar-refractivity contribution in [1.29, 1.82) is 0 Å². The molecule has 0 saturated carbocycles.